The second-order valence-electron chi connectivity index (χ2n) is 6.07. The van der Waals surface area contributed by atoms with Crippen molar-refractivity contribution < 1.29 is 23.0 Å². The van der Waals surface area contributed by atoms with Gasteiger partial charge in [0.25, 0.3) is 0 Å². The van der Waals surface area contributed by atoms with E-state index in [9.17, 15) is 8.78 Å². The number of hydrogen-bond donors (Lipinski definition) is 2. The standard InChI is InChI=1S/C18H28F2N4O3.HI/c1-5-24(6-2)12(3)9-22-18(21-4)23-10-13-7-15-16(26-11-25-15)8-14(13)27-17(19)20;/h7-8,12,17H,5-6,9-11H2,1-4H3,(H2,21,22,23);1H. The van der Waals surface area contributed by atoms with Gasteiger partial charge in [-0.2, -0.15) is 8.78 Å². The van der Waals surface area contributed by atoms with E-state index in [1.165, 1.54) is 6.07 Å². The number of ether oxygens (including phenoxy) is 3. The van der Waals surface area contributed by atoms with E-state index in [2.05, 4.69) is 46.0 Å². The first kappa shape index (κ1) is 24.5. The van der Waals surface area contributed by atoms with E-state index in [-0.39, 0.29) is 43.1 Å². The van der Waals surface area contributed by atoms with Crippen molar-refractivity contribution in [1.82, 2.24) is 15.5 Å². The minimum Gasteiger partial charge on any atom is -0.454 e. The summed E-state index contributed by atoms with van der Waals surface area (Å²) in [5.41, 5.74) is 0.527. The van der Waals surface area contributed by atoms with Crippen molar-refractivity contribution in [1.29, 1.82) is 0 Å². The fourth-order valence-electron chi connectivity index (χ4n) is 2.93. The highest BCUT2D eigenvalue weighted by Crippen LogP contribution is 2.38. The van der Waals surface area contributed by atoms with Crippen molar-refractivity contribution in [2.24, 2.45) is 4.99 Å². The molecule has 0 bridgehead atoms. The summed E-state index contributed by atoms with van der Waals surface area (Å²) in [6.07, 6.45) is 0. The number of nitrogens with one attached hydrogen (secondary N) is 2. The largest absolute Gasteiger partial charge is 0.454 e. The molecule has 0 fully saturated rings. The fourth-order valence-corrected chi connectivity index (χ4v) is 2.93. The Balaban J connectivity index is 0.00000392. The summed E-state index contributed by atoms with van der Waals surface area (Å²) in [5, 5.41) is 6.37. The van der Waals surface area contributed by atoms with Gasteiger partial charge < -0.3 is 24.8 Å². The van der Waals surface area contributed by atoms with E-state index < -0.39 is 6.61 Å². The molecule has 1 unspecified atom stereocenters. The Morgan fingerprint density at radius 2 is 1.86 bits per heavy atom. The minimum absolute atomic E-state index is 0. The minimum atomic E-state index is -2.92. The molecule has 2 rings (SSSR count). The van der Waals surface area contributed by atoms with Gasteiger partial charge in [-0.1, -0.05) is 13.8 Å². The average molecular weight is 514 g/mol. The molecule has 1 heterocycles. The first-order valence-electron chi connectivity index (χ1n) is 9.04. The second-order valence-corrected chi connectivity index (χ2v) is 6.07. The van der Waals surface area contributed by atoms with E-state index in [4.69, 9.17) is 9.47 Å². The predicted octanol–water partition coefficient (Wildman–Crippen LogP) is 3.03. The predicted molar refractivity (Wildman–Crippen MR) is 115 cm³/mol. The summed E-state index contributed by atoms with van der Waals surface area (Å²) in [6, 6.07) is 3.39. The molecule has 160 valence electrons. The van der Waals surface area contributed by atoms with E-state index >= 15 is 0 Å². The van der Waals surface area contributed by atoms with Crippen molar-refractivity contribution in [2.45, 2.75) is 40.0 Å². The summed E-state index contributed by atoms with van der Waals surface area (Å²) in [6.45, 7) is 6.42. The number of benzene rings is 1. The number of aliphatic imine (C=N–C) groups is 1. The van der Waals surface area contributed by atoms with Crippen molar-refractivity contribution >= 4 is 29.9 Å². The molecule has 0 spiro atoms. The van der Waals surface area contributed by atoms with Crippen LogP contribution in [0.15, 0.2) is 17.1 Å². The Morgan fingerprint density at radius 3 is 2.43 bits per heavy atom. The fraction of sp³-hybridized carbons (Fsp3) is 0.611. The molecule has 0 radical (unpaired) electrons. The molecule has 1 atom stereocenters. The van der Waals surface area contributed by atoms with Crippen molar-refractivity contribution in [3.05, 3.63) is 17.7 Å². The Kier molecular flexibility index (Phi) is 10.6. The molecule has 1 aromatic rings. The smallest absolute Gasteiger partial charge is 0.387 e. The Hall–Kier alpha value is -1.56. The number of likely N-dealkylation sites (N-methyl/N-ethyl adjacent to an activating group) is 1. The Bertz CT molecular complexity index is 646. The van der Waals surface area contributed by atoms with Crippen LogP contribution in [0.4, 0.5) is 8.78 Å². The van der Waals surface area contributed by atoms with Crippen LogP contribution in [0.1, 0.15) is 26.3 Å². The lowest BCUT2D eigenvalue weighted by molar-refractivity contribution is -0.0505. The lowest BCUT2D eigenvalue weighted by atomic mass is 10.1. The zero-order valence-corrected chi connectivity index (χ0v) is 19.0. The molecule has 1 aliphatic rings. The third-order valence-electron chi connectivity index (χ3n) is 4.44. The third kappa shape index (κ3) is 6.80. The van der Waals surface area contributed by atoms with Gasteiger partial charge in [-0.25, -0.2) is 0 Å². The molecule has 0 aliphatic carbocycles. The zero-order valence-electron chi connectivity index (χ0n) is 16.6. The van der Waals surface area contributed by atoms with Crippen LogP contribution < -0.4 is 24.8 Å². The van der Waals surface area contributed by atoms with Crippen LogP contribution in [0.25, 0.3) is 0 Å². The highest BCUT2D eigenvalue weighted by Gasteiger charge is 2.20. The molecule has 0 aromatic heterocycles. The molecule has 10 heteroatoms. The first-order valence-corrected chi connectivity index (χ1v) is 9.04. The summed E-state index contributed by atoms with van der Waals surface area (Å²) in [4.78, 5) is 6.51. The number of rotatable bonds is 9. The number of guanidine groups is 1. The topological polar surface area (TPSA) is 67.4 Å². The van der Waals surface area contributed by atoms with Crippen LogP contribution in [-0.4, -0.2) is 57.0 Å². The highest BCUT2D eigenvalue weighted by molar-refractivity contribution is 14.0. The van der Waals surface area contributed by atoms with Crippen molar-refractivity contribution in [3.63, 3.8) is 0 Å². The normalized spacial score (nSPS) is 14.1. The van der Waals surface area contributed by atoms with Crippen LogP contribution in [0.3, 0.4) is 0 Å². The number of nitrogens with zero attached hydrogens (tertiary/aromatic N) is 2. The van der Waals surface area contributed by atoms with Crippen LogP contribution >= 0.6 is 24.0 Å². The van der Waals surface area contributed by atoms with E-state index in [1.54, 1.807) is 13.1 Å². The summed E-state index contributed by atoms with van der Waals surface area (Å²) in [5.74, 6) is 1.53. The lowest BCUT2D eigenvalue weighted by Gasteiger charge is -2.27. The van der Waals surface area contributed by atoms with Crippen molar-refractivity contribution in [3.8, 4) is 17.2 Å². The maximum Gasteiger partial charge on any atom is 0.387 e. The van der Waals surface area contributed by atoms with Gasteiger partial charge in [-0.3, -0.25) is 9.89 Å². The monoisotopic (exact) mass is 514 g/mol. The maximum atomic E-state index is 12.7. The number of fused-ring (bicyclic) bond motifs is 1. The molecule has 0 saturated heterocycles. The van der Waals surface area contributed by atoms with E-state index in [0.717, 1.165) is 13.1 Å². The van der Waals surface area contributed by atoms with E-state index in [0.29, 0.717) is 35.6 Å². The summed E-state index contributed by atoms with van der Waals surface area (Å²) < 4.78 is 40.6. The van der Waals surface area contributed by atoms with Gasteiger partial charge in [0.05, 0.1) is 0 Å². The maximum absolute atomic E-state index is 12.7. The van der Waals surface area contributed by atoms with Gasteiger partial charge in [0, 0.05) is 37.8 Å². The average Bonchev–Trinajstić information content (AvgIpc) is 3.09. The molecule has 2 N–H and O–H groups in total. The quantitative estimate of drug-likeness (QED) is 0.300. The van der Waals surface area contributed by atoms with E-state index in [1.807, 2.05) is 0 Å². The van der Waals surface area contributed by atoms with Crippen LogP contribution in [-0.2, 0) is 6.54 Å². The number of hydrogen-bond acceptors (Lipinski definition) is 5. The SMILES string of the molecule is CCN(CC)C(C)CNC(=NC)NCc1cc2c(cc1OC(F)F)OCO2.I. The molecule has 0 saturated carbocycles. The molecule has 1 aromatic carbocycles. The van der Waals surface area contributed by atoms with Gasteiger partial charge in [-0.05, 0) is 26.1 Å². The van der Waals surface area contributed by atoms with Crippen molar-refractivity contribution in [2.75, 3.05) is 33.5 Å². The van der Waals surface area contributed by atoms with Crippen LogP contribution in [0.2, 0.25) is 0 Å². The molecule has 7 nitrogen and oxygen atoms in total. The Labute approximate surface area is 181 Å². The molecular formula is C18H29F2IN4O3. The van der Waals surface area contributed by atoms with Crippen LogP contribution in [0.5, 0.6) is 17.2 Å². The Morgan fingerprint density at radius 1 is 1.21 bits per heavy atom. The summed E-state index contributed by atoms with van der Waals surface area (Å²) >= 11 is 0. The number of halogens is 3. The number of alkyl halides is 2. The molecule has 1 aliphatic heterocycles. The third-order valence-corrected chi connectivity index (χ3v) is 4.44. The van der Waals surface area contributed by atoms with Crippen LogP contribution in [0, 0.1) is 0 Å². The molecule has 0 amide bonds. The lowest BCUT2D eigenvalue weighted by Crippen LogP contribution is -2.45. The second kappa shape index (κ2) is 12.1. The molecule has 28 heavy (non-hydrogen) atoms. The van der Waals surface area contributed by atoms with Gasteiger partial charge in [0.15, 0.2) is 17.5 Å². The van der Waals surface area contributed by atoms with Gasteiger partial charge in [-0.15, -0.1) is 24.0 Å². The zero-order chi connectivity index (χ0) is 19.8. The molecular weight excluding hydrogens is 485 g/mol. The first-order chi connectivity index (χ1) is 13.0. The van der Waals surface area contributed by atoms with Gasteiger partial charge >= 0.3 is 6.61 Å². The summed E-state index contributed by atoms with van der Waals surface area (Å²) in [7, 11) is 1.66. The van der Waals surface area contributed by atoms with Gasteiger partial charge in [0.1, 0.15) is 5.75 Å². The van der Waals surface area contributed by atoms with Gasteiger partial charge in [0.2, 0.25) is 6.79 Å². The highest BCUT2D eigenvalue weighted by atomic mass is 127.